The maximum absolute atomic E-state index is 12.6. The number of rotatable bonds is 31. The van der Waals surface area contributed by atoms with Crippen molar-refractivity contribution in [3.63, 3.8) is 0 Å². The molecular weight excluding hydrogens is 1410 g/mol. The predicted octanol–water partition coefficient (Wildman–Crippen LogP) is 14.5. The Bertz CT molecular complexity index is 4860. The Balaban J connectivity index is 0.000000164. The lowest BCUT2D eigenvalue weighted by atomic mass is 9.79. The lowest BCUT2D eigenvalue weighted by Crippen LogP contribution is -2.47. The van der Waals surface area contributed by atoms with Gasteiger partial charge in [-0.2, -0.15) is 0 Å². The largest absolute Gasteiger partial charge is 0.490 e. The highest BCUT2D eigenvalue weighted by Crippen LogP contribution is 2.57. The van der Waals surface area contributed by atoms with Crippen LogP contribution in [0.1, 0.15) is 131 Å². The molecule has 0 bridgehead atoms. The third kappa shape index (κ3) is 17.5. The Morgan fingerprint density at radius 3 is 1.10 bits per heavy atom. The van der Waals surface area contributed by atoms with Crippen LogP contribution in [-0.2, 0) is 67.7 Å². The number of hydrogen-bond donors (Lipinski definition) is 2. The van der Waals surface area contributed by atoms with Gasteiger partial charge in [0.05, 0.1) is 101 Å². The minimum atomic E-state index is -0.655. The van der Waals surface area contributed by atoms with Crippen molar-refractivity contribution in [1.82, 2.24) is 10.2 Å². The highest BCUT2D eigenvalue weighted by molar-refractivity contribution is 6.22. The van der Waals surface area contributed by atoms with E-state index in [1.54, 1.807) is 48.5 Å². The van der Waals surface area contributed by atoms with Crippen LogP contribution in [-0.4, -0.2) is 137 Å². The summed E-state index contributed by atoms with van der Waals surface area (Å²) in [5.74, 6) is 3.40. The summed E-state index contributed by atoms with van der Waals surface area (Å²) < 4.78 is 75.3. The van der Waals surface area contributed by atoms with Crippen molar-refractivity contribution < 1.29 is 81.1 Å². The number of hydrogen-bond acceptors (Lipinski definition) is 17. The number of aliphatic hydroxyl groups excluding tert-OH is 1. The molecule has 10 aromatic carbocycles. The van der Waals surface area contributed by atoms with E-state index < -0.39 is 11.2 Å². The van der Waals surface area contributed by atoms with Crippen LogP contribution in [0.15, 0.2) is 218 Å². The van der Waals surface area contributed by atoms with E-state index in [4.69, 9.17) is 61.9 Å². The first-order valence-electron chi connectivity index (χ1n) is 37.8. The standard InChI is InChI=1S/C46H45NO8.C38H42O7.C8H5NO2/c1-31-17-18-38-42-39-26-41(53-29-34-13-7-4-8-14-34)40(52-28-33-11-5-3-6-12-33)25-35(39)27-46(42,30-54-43(38)32(31)2)55-24-23-51-22-21-50-20-19-47-44(48)36-15-9-10-16-37(36)45(47)49;1-27-13-14-32-36-33-22-35(43-25-30-11-7-4-8-12-30)34(42-24-29-9-5-3-6-10-29)21-31(33)23-38(36,26-44-37(32)28(27)2)45-20-19-41-18-17-40-16-15-39;10-7-5-3-1-2-4-6(5)8(11)9-7/h3-18,25-26,42H,19-24,27-30H2,1-2H3;3-14,21-22,36,39H,15-20,23-26H2,1-2H3;1-4H,(H,9,10,11). The molecule has 16 rings (SSSR count). The summed E-state index contributed by atoms with van der Waals surface area (Å²) in [7, 11) is 0. The number of carbonyl (C=O) groups excluding carboxylic acids is 4. The Labute approximate surface area is 647 Å². The van der Waals surface area contributed by atoms with Gasteiger partial charge in [0.2, 0.25) is 0 Å². The molecule has 0 fully saturated rings. The predicted molar refractivity (Wildman–Crippen MR) is 418 cm³/mol. The lowest BCUT2D eigenvalue weighted by Gasteiger charge is -2.41. The van der Waals surface area contributed by atoms with Gasteiger partial charge in [0.25, 0.3) is 23.6 Å². The topological polar surface area (TPSA) is 215 Å². The minimum Gasteiger partial charge on any atom is -0.490 e. The van der Waals surface area contributed by atoms with Crippen molar-refractivity contribution in [3.05, 3.63) is 319 Å². The van der Waals surface area contributed by atoms with Crippen LogP contribution in [0.5, 0.6) is 34.5 Å². The van der Waals surface area contributed by atoms with Crippen LogP contribution < -0.4 is 33.7 Å². The van der Waals surface area contributed by atoms with E-state index in [1.165, 1.54) is 27.2 Å². The van der Waals surface area contributed by atoms with E-state index >= 15 is 0 Å². The molecule has 0 spiro atoms. The van der Waals surface area contributed by atoms with Gasteiger partial charge >= 0.3 is 0 Å². The normalized spacial score (nSPS) is 17.7. The quantitative estimate of drug-likeness (QED) is 0.0305. The molecule has 4 amide bonds. The van der Waals surface area contributed by atoms with Crippen LogP contribution in [0.3, 0.4) is 0 Å². The van der Waals surface area contributed by atoms with Crippen molar-refractivity contribution >= 4 is 23.6 Å². The molecule has 4 heterocycles. The fourth-order valence-electron chi connectivity index (χ4n) is 15.3. The Morgan fingerprint density at radius 2 is 0.721 bits per heavy atom. The highest BCUT2D eigenvalue weighted by Gasteiger charge is 2.55. The number of fused-ring (bicyclic) bond motifs is 12. The van der Waals surface area contributed by atoms with Gasteiger partial charge in [-0.05, 0) is 143 Å². The average Bonchev–Trinajstić information content (AvgIpc) is 1.57. The molecule has 2 aliphatic carbocycles. The summed E-state index contributed by atoms with van der Waals surface area (Å²) in [4.78, 5) is 48.4. The number of ether oxygens (including phenoxy) is 12. The zero-order valence-electron chi connectivity index (χ0n) is 63.0. The number of amides is 4. The van der Waals surface area contributed by atoms with Gasteiger partial charge in [0.1, 0.15) is 62.3 Å². The van der Waals surface area contributed by atoms with Gasteiger partial charge < -0.3 is 61.9 Å². The van der Waals surface area contributed by atoms with E-state index in [-0.39, 0.29) is 55.2 Å². The number of nitrogens with zero attached hydrogens (tertiary/aromatic N) is 1. The molecule has 19 nitrogen and oxygen atoms in total. The van der Waals surface area contributed by atoms with Crippen molar-refractivity contribution in [2.75, 3.05) is 92.4 Å². The van der Waals surface area contributed by atoms with E-state index in [0.29, 0.717) is 151 Å². The van der Waals surface area contributed by atoms with E-state index in [9.17, 15) is 19.2 Å². The summed E-state index contributed by atoms with van der Waals surface area (Å²) in [6.45, 7) is 14.9. The molecule has 10 aromatic rings. The summed E-state index contributed by atoms with van der Waals surface area (Å²) in [6.07, 6.45) is 1.32. The zero-order chi connectivity index (χ0) is 76.7. The van der Waals surface area contributed by atoms with Crippen LogP contribution in [0, 0.1) is 27.7 Å². The first-order valence-corrected chi connectivity index (χ1v) is 37.8. The molecule has 0 saturated carbocycles. The fourth-order valence-corrected chi connectivity index (χ4v) is 15.3. The molecule has 4 unspecified atom stereocenters. The number of benzene rings is 10. The van der Waals surface area contributed by atoms with Gasteiger partial charge in [-0.3, -0.25) is 29.4 Å². The zero-order valence-corrected chi connectivity index (χ0v) is 63.0. The molecule has 19 heteroatoms. The molecule has 0 saturated heterocycles. The van der Waals surface area contributed by atoms with Crippen molar-refractivity contribution in [1.29, 1.82) is 0 Å². The lowest BCUT2D eigenvalue weighted by molar-refractivity contribution is -0.102. The molecule has 572 valence electrons. The van der Waals surface area contributed by atoms with Gasteiger partial charge in [0, 0.05) is 35.8 Å². The summed E-state index contributed by atoms with van der Waals surface area (Å²) in [6, 6.07) is 71.5. The minimum absolute atomic E-state index is 0.00602. The third-order valence-corrected chi connectivity index (χ3v) is 21.2. The smallest absolute Gasteiger partial charge is 0.261 e. The SMILES string of the molecule is Cc1ccc2c(c1C)OCC1(OCCOCCOCCN3C(=O)c4ccccc4C3=O)Cc3cc(OCc4ccccc4)c(OCc4ccccc4)cc3C21.Cc1ccc2c(c1C)OCC1(OCCOCCOCCO)Cc3cc(OCc4ccccc4)c(OCc4ccccc4)cc3C21.O=C1NC(=O)c2ccccc21. The second kappa shape index (κ2) is 35.8. The van der Waals surface area contributed by atoms with E-state index in [1.807, 2.05) is 72.8 Å². The molecular formula is C92H92N2O17. The summed E-state index contributed by atoms with van der Waals surface area (Å²) >= 11 is 0. The average molecular weight is 1500 g/mol. The number of imide groups is 2. The molecule has 6 aliphatic rings. The van der Waals surface area contributed by atoms with Gasteiger partial charge in [-0.25, -0.2) is 0 Å². The van der Waals surface area contributed by atoms with Gasteiger partial charge in [0.15, 0.2) is 23.0 Å². The molecule has 4 aliphatic heterocycles. The number of carbonyl (C=O) groups is 4. The molecule has 2 N–H and O–H groups in total. The third-order valence-electron chi connectivity index (χ3n) is 21.2. The van der Waals surface area contributed by atoms with Crippen LogP contribution in [0.4, 0.5) is 0 Å². The Morgan fingerprint density at radius 1 is 0.387 bits per heavy atom. The van der Waals surface area contributed by atoms with Crippen LogP contribution in [0.25, 0.3) is 0 Å². The van der Waals surface area contributed by atoms with Crippen molar-refractivity contribution in [2.45, 2.75) is 90.0 Å². The van der Waals surface area contributed by atoms with Gasteiger partial charge in [-0.1, -0.05) is 170 Å². The Kier molecular flexibility index (Phi) is 24.7. The molecule has 111 heavy (non-hydrogen) atoms. The highest BCUT2D eigenvalue weighted by atomic mass is 16.6. The number of aliphatic hydroxyl groups is 1. The number of nitrogens with one attached hydrogen (secondary N) is 1. The summed E-state index contributed by atoms with van der Waals surface area (Å²) in [5, 5.41) is 11.1. The van der Waals surface area contributed by atoms with E-state index in [2.05, 4.69) is 130 Å². The van der Waals surface area contributed by atoms with Crippen molar-refractivity contribution in [3.8, 4) is 34.5 Å². The Hall–Kier alpha value is -11.0. The molecule has 0 radical (unpaired) electrons. The fraction of sp³-hybridized carbons (Fsp3) is 0.304. The second-order valence-corrected chi connectivity index (χ2v) is 28.4. The van der Waals surface area contributed by atoms with Crippen LogP contribution >= 0.6 is 0 Å². The molecule has 4 atom stereocenters. The summed E-state index contributed by atoms with van der Waals surface area (Å²) in [5.41, 5.74) is 16.4. The van der Waals surface area contributed by atoms with Crippen molar-refractivity contribution in [2.24, 2.45) is 0 Å². The maximum Gasteiger partial charge on any atom is 0.261 e. The maximum atomic E-state index is 12.6. The molecule has 0 aromatic heterocycles. The van der Waals surface area contributed by atoms with Gasteiger partial charge in [-0.15, -0.1) is 0 Å². The van der Waals surface area contributed by atoms with Crippen LogP contribution in [0.2, 0.25) is 0 Å². The number of aryl methyl sites for hydroxylation is 2. The first kappa shape index (κ1) is 76.8. The van der Waals surface area contributed by atoms with E-state index in [0.717, 1.165) is 72.9 Å². The monoisotopic (exact) mass is 1500 g/mol. The second-order valence-electron chi connectivity index (χ2n) is 28.4. The first-order chi connectivity index (χ1) is 54.3.